The third-order valence-electron chi connectivity index (χ3n) is 11.2. The maximum Gasteiger partial charge on any atom is 0.143 e. The summed E-state index contributed by atoms with van der Waals surface area (Å²) in [4.78, 5) is 2.36. The van der Waals surface area contributed by atoms with Crippen molar-refractivity contribution in [3.8, 4) is 39.1 Å². The molecule has 0 atom stereocenters. The van der Waals surface area contributed by atoms with Gasteiger partial charge >= 0.3 is 0 Å². The minimum atomic E-state index is 0.905. The van der Waals surface area contributed by atoms with Crippen LogP contribution in [-0.2, 0) is 0 Å². The van der Waals surface area contributed by atoms with Crippen LogP contribution in [0.15, 0.2) is 223 Å². The van der Waals surface area contributed by atoms with Crippen molar-refractivity contribution in [3.05, 3.63) is 218 Å². The van der Waals surface area contributed by atoms with Crippen molar-refractivity contribution in [2.45, 2.75) is 0 Å². The van der Waals surface area contributed by atoms with Gasteiger partial charge in [-0.05, 0) is 94.5 Å². The van der Waals surface area contributed by atoms with Gasteiger partial charge in [-0.25, -0.2) is 0 Å². The fourth-order valence-electron chi connectivity index (χ4n) is 8.46. The maximum atomic E-state index is 6.43. The number of aromatic nitrogens is 1. The van der Waals surface area contributed by atoms with Gasteiger partial charge in [0.15, 0.2) is 0 Å². The van der Waals surface area contributed by atoms with E-state index < -0.39 is 0 Å². The first kappa shape index (κ1) is 32.8. The molecule has 2 heterocycles. The smallest absolute Gasteiger partial charge is 0.143 e. The molecule has 0 spiro atoms. The highest BCUT2D eigenvalue weighted by Gasteiger charge is 2.19. The van der Waals surface area contributed by atoms with E-state index in [1.165, 1.54) is 44.1 Å². The molecule has 0 aliphatic heterocycles. The molecule has 0 radical (unpaired) electrons. The summed E-state index contributed by atoms with van der Waals surface area (Å²) in [6.45, 7) is 0. The zero-order chi connectivity index (χ0) is 37.7. The summed E-state index contributed by atoms with van der Waals surface area (Å²) in [7, 11) is 0. The van der Waals surface area contributed by atoms with Gasteiger partial charge in [-0.1, -0.05) is 152 Å². The maximum absolute atomic E-state index is 6.43. The summed E-state index contributed by atoms with van der Waals surface area (Å²) in [5.41, 5.74) is 15.6. The number of nitrogens with zero attached hydrogens (tertiary/aromatic N) is 2. The number of para-hydroxylation sites is 4. The Balaban J connectivity index is 1.03. The van der Waals surface area contributed by atoms with Crippen molar-refractivity contribution < 1.29 is 4.42 Å². The van der Waals surface area contributed by atoms with Gasteiger partial charge in [0, 0.05) is 49.9 Å². The summed E-state index contributed by atoms with van der Waals surface area (Å²) in [5, 5.41) is 4.70. The van der Waals surface area contributed by atoms with E-state index in [1.807, 2.05) is 12.1 Å². The second-order valence-corrected chi connectivity index (χ2v) is 14.5. The number of fused-ring (bicyclic) bond motifs is 6. The molecule has 0 aliphatic rings. The number of hydrogen-bond donors (Lipinski definition) is 0. The van der Waals surface area contributed by atoms with E-state index >= 15 is 0 Å². The molecule has 2 aromatic heterocycles. The van der Waals surface area contributed by atoms with E-state index in [-0.39, 0.29) is 0 Å². The lowest BCUT2D eigenvalue weighted by molar-refractivity contribution is 0.670. The lowest BCUT2D eigenvalue weighted by Crippen LogP contribution is -2.10. The molecule has 3 nitrogen and oxygen atoms in total. The average Bonchev–Trinajstić information content (AvgIpc) is 3.84. The van der Waals surface area contributed by atoms with Gasteiger partial charge in [-0.2, -0.15) is 0 Å². The van der Waals surface area contributed by atoms with Crippen LogP contribution in [0.3, 0.4) is 0 Å². The molecule has 0 saturated heterocycles. The van der Waals surface area contributed by atoms with Gasteiger partial charge in [0.25, 0.3) is 0 Å². The normalized spacial score (nSPS) is 11.5. The van der Waals surface area contributed by atoms with Crippen molar-refractivity contribution in [2.24, 2.45) is 0 Å². The molecule has 0 aliphatic carbocycles. The van der Waals surface area contributed by atoms with Crippen LogP contribution in [0.25, 0.3) is 82.8 Å². The van der Waals surface area contributed by atoms with Crippen molar-refractivity contribution in [3.63, 3.8) is 0 Å². The quantitative estimate of drug-likeness (QED) is 0.163. The molecular formula is C54H36N2O. The minimum Gasteiger partial charge on any atom is -0.455 e. The molecule has 0 amide bonds. The Bertz CT molecular complexity index is 3200. The molecule has 268 valence electrons. The molecule has 0 fully saturated rings. The van der Waals surface area contributed by atoms with Crippen LogP contribution >= 0.6 is 0 Å². The molecule has 9 aromatic carbocycles. The van der Waals surface area contributed by atoms with Crippen LogP contribution in [0.4, 0.5) is 17.1 Å². The van der Waals surface area contributed by atoms with E-state index in [0.29, 0.717) is 0 Å². The average molecular weight is 729 g/mol. The highest BCUT2D eigenvalue weighted by Crippen LogP contribution is 2.42. The standard InChI is InChI=1S/C54H36N2O/c1-3-12-37(13-4-1)38-22-24-39(25-23-38)40-26-30-43(31-27-40)55(44-32-28-41(29-33-44)46-18-11-19-49-48-17-8-10-21-53(48)57-54(46)49)45-34-35-52-50(36-45)47-16-7-9-20-51(47)56(52)42-14-5-2-6-15-42/h1-36H. The van der Waals surface area contributed by atoms with Crippen molar-refractivity contribution >= 4 is 60.8 Å². The van der Waals surface area contributed by atoms with E-state index in [1.54, 1.807) is 0 Å². The van der Waals surface area contributed by atoms with E-state index in [0.717, 1.165) is 55.8 Å². The Morgan fingerprint density at radius 2 is 0.842 bits per heavy atom. The first-order valence-corrected chi connectivity index (χ1v) is 19.4. The SMILES string of the molecule is c1ccc(-c2ccc(-c3ccc(N(c4ccc(-c5cccc6c5oc5ccccc56)cc4)c4ccc5c(c4)c4ccccc4n5-c4ccccc4)cc3)cc2)cc1. The fourth-order valence-corrected chi connectivity index (χ4v) is 8.46. The van der Waals surface area contributed by atoms with Crippen molar-refractivity contribution in [1.82, 2.24) is 4.57 Å². The largest absolute Gasteiger partial charge is 0.455 e. The van der Waals surface area contributed by atoms with E-state index in [2.05, 4.69) is 216 Å². The molecule has 0 N–H and O–H groups in total. The molecule has 11 aromatic rings. The lowest BCUT2D eigenvalue weighted by atomic mass is 10.00. The first-order valence-electron chi connectivity index (χ1n) is 19.4. The van der Waals surface area contributed by atoms with Crippen LogP contribution in [0.5, 0.6) is 0 Å². The summed E-state index contributed by atoms with van der Waals surface area (Å²) in [6.07, 6.45) is 0. The first-order chi connectivity index (χ1) is 28.3. The fraction of sp³-hybridized carbons (Fsp3) is 0. The highest BCUT2D eigenvalue weighted by atomic mass is 16.3. The number of anilines is 3. The molecule has 0 bridgehead atoms. The number of hydrogen-bond acceptors (Lipinski definition) is 2. The van der Waals surface area contributed by atoms with Crippen LogP contribution in [0.1, 0.15) is 0 Å². The zero-order valence-corrected chi connectivity index (χ0v) is 31.1. The number of furan rings is 1. The van der Waals surface area contributed by atoms with Crippen LogP contribution < -0.4 is 4.90 Å². The van der Waals surface area contributed by atoms with Crippen LogP contribution in [0.2, 0.25) is 0 Å². The van der Waals surface area contributed by atoms with Gasteiger partial charge in [0.2, 0.25) is 0 Å². The summed E-state index contributed by atoms with van der Waals surface area (Å²) in [5.74, 6) is 0. The Labute approximate surface area is 330 Å². The minimum absolute atomic E-state index is 0.905. The lowest BCUT2D eigenvalue weighted by Gasteiger charge is -2.26. The monoisotopic (exact) mass is 728 g/mol. The molecule has 3 heteroatoms. The van der Waals surface area contributed by atoms with Gasteiger partial charge in [0.1, 0.15) is 11.2 Å². The van der Waals surface area contributed by atoms with Gasteiger partial charge in [-0.3, -0.25) is 0 Å². The second kappa shape index (κ2) is 13.6. The highest BCUT2D eigenvalue weighted by molar-refractivity contribution is 6.11. The topological polar surface area (TPSA) is 21.3 Å². The Hall–Kier alpha value is -7.62. The third kappa shape index (κ3) is 5.68. The zero-order valence-electron chi connectivity index (χ0n) is 31.1. The Morgan fingerprint density at radius 3 is 1.54 bits per heavy atom. The van der Waals surface area contributed by atoms with Crippen LogP contribution in [-0.4, -0.2) is 4.57 Å². The second-order valence-electron chi connectivity index (χ2n) is 14.5. The molecular weight excluding hydrogens is 693 g/mol. The van der Waals surface area contributed by atoms with Gasteiger partial charge in [-0.15, -0.1) is 0 Å². The Morgan fingerprint density at radius 1 is 0.333 bits per heavy atom. The number of rotatable bonds is 7. The number of benzene rings is 9. The molecule has 57 heavy (non-hydrogen) atoms. The van der Waals surface area contributed by atoms with Crippen molar-refractivity contribution in [1.29, 1.82) is 0 Å². The van der Waals surface area contributed by atoms with Crippen molar-refractivity contribution in [2.75, 3.05) is 4.90 Å². The molecule has 11 rings (SSSR count). The van der Waals surface area contributed by atoms with E-state index in [9.17, 15) is 0 Å². The van der Waals surface area contributed by atoms with Gasteiger partial charge in [0.05, 0.1) is 11.0 Å². The molecule has 0 saturated carbocycles. The summed E-state index contributed by atoms with van der Waals surface area (Å²) < 4.78 is 8.79. The van der Waals surface area contributed by atoms with E-state index in [4.69, 9.17) is 4.42 Å². The Kier molecular flexibility index (Phi) is 7.82. The third-order valence-corrected chi connectivity index (χ3v) is 11.2. The van der Waals surface area contributed by atoms with Crippen LogP contribution in [0, 0.1) is 0 Å². The predicted octanol–water partition coefficient (Wildman–Crippen LogP) is 15.2. The summed E-state index contributed by atoms with van der Waals surface area (Å²) in [6, 6.07) is 78.1. The van der Waals surface area contributed by atoms with Gasteiger partial charge < -0.3 is 13.9 Å². The summed E-state index contributed by atoms with van der Waals surface area (Å²) >= 11 is 0. The molecule has 0 unspecified atom stereocenters. The predicted molar refractivity (Wildman–Crippen MR) is 239 cm³/mol.